The Balaban J connectivity index is 1.86. The van der Waals surface area contributed by atoms with Gasteiger partial charge in [-0.05, 0) is 45.8 Å². The van der Waals surface area contributed by atoms with Crippen molar-refractivity contribution in [2.75, 3.05) is 26.1 Å². The molecular weight excluding hydrogens is 360 g/mol. The van der Waals surface area contributed by atoms with Crippen LogP contribution in [0.1, 0.15) is 5.56 Å². The summed E-state index contributed by atoms with van der Waals surface area (Å²) in [6.45, 7) is 0.632. The zero-order valence-electron chi connectivity index (χ0n) is 13.1. The quantitative estimate of drug-likeness (QED) is 0.776. The molecule has 5 nitrogen and oxygen atoms in total. The lowest BCUT2D eigenvalue weighted by Crippen LogP contribution is -2.29. The second kappa shape index (κ2) is 8.43. The molecule has 1 amide bonds. The van der Waals surface area contributed by atoms with Gasteiger partial charge in [-0.15, -0.1) is 0 Å². The van der Waals surface area contributed by atoms with Crippen molar-refractivity contribution in [2.45, 2.75) is 6.54 Å². The van der Waals surface area contributed by atoms with Crippen molar-refractivity contribution in [3.8, 4) is 11.5 Å². The van der Waals surface area contributed by atoms with Gasteiger partial charge in [0.05, 0.1) is 20.8 Å². The highest BCUT2D eigenvalue weighted by Gasteiger charge is 2.06. The highest BCUT2D eigenvalue weighted by Crippen LogP contribution is 2.27. The van der Waals surface area contributed by atoms with Crippen LogP contribution in [-0.2, 0) is 11.3 Å². The molecule has 0 saturated heterocycles. The van der Waals surface area contributed by atoms with Gasteiger partial charge in [0.1, 0.15) is 0 Å². The number of para-hydroxylation sites is 1. The molecule has 23 heavy (non-hydrogen) atoms. The van der Waals surface area contributed by atoms with E-state index in [0.29, 0.717) is 18.0 Å². The minimum Gasteiger partial charge on any atom is -0.493 e. The molecule has 2 aromatic carbocycles. The fourth-order valence-electron chi connectivity index (χ4n) is 2.03. The summed E-state index contributed by atoms with van der Waals surface area (Å²) in [7, 11) is 3.18. The molecule has 0 aliphatic carbocycles. The third-order valence-electron chi connectivity index (χ3n) is 3.25. The molecule has 2 rings (SSSR count). The van der Waals surface area contributed by atoms with Gasteiger partial charge in [-0.2, -0.15) is 0 Å². The molecule has 0 unspecified atom stereocenters. The van der Waals surface area contributed by atoms with Crippen LogP contribution in [0.3, 0.4) is 0 Å². The van der Waals surface area contributed by atoms with Crippen LogP contribution in [-0.4, -0.2) is 26.7 Å². The van der Waals surface area contributed by atoms with Gasteiger partial charge in [-0.25, -0.2) is 0 Å². The van der Waals surface area contributed by atoms with Crippen LogP contribution < -0.4 is 20.1 Å². The van der Waals surface area contributed by atoms with Crippen LogP contribution in [0.4, 0.5) is 5.69 Å². The summed E-state index contributed by atoms with van der Waals surface area (Å²) in [5.41, 5.74) is 1.82. The molecule has 0 bridgehead atoms. The number of carbonyl (C=O) groups excluding carboxylic acids is 1. The first-order valence-electron chi connectivity index (χ1n) is 7.10. The molecule has 2 N–H and O–H groups in total. The van der Waals surface area contributed by atoms with Crippen molar-refractivity contribution >= 4 is 27.5 Å². The number of halogens is 1. The van der Waals surface area contributed by atoms with Gasteiger partial charge in [-0.3, -0.25) is 4.79 Å². The molecule has 0 radical (unpaired) electrons. The lowest BCUT2D eigenvalue weighted by atomic mass is 10.2. The molecule has 0 aliphatic rings. The molecular formula is C17H19BrN2O3. The van der Waals surface area contributed by atoms with Gasteiger partial charge in [0.2, 0.25) is 5.91 Å². The maximum absolute atomic E-state index is 11.9. The molecule has 2 aromatic rings. The fraction of sp³-hybridized carbons (Fsp3) is 0.235. The van der Waals surface area contributed by atoms with E-state index in [1.807, 2.05) is 42.5 Å². The molecule has 0 saturated carbocycles. The number of hydrogen-bond acceptors (Lipinski definition) is 4. The SMILES string of the molecule is COc1ccc(CNC(=O)CNc2ccccc2Br)cc1OC. The van der Waals surface area contributed by atoms with E-state index in [9.17, 15) is 4.79 Å². The molecule has 0 aliphatic heterocycles. The lowest BCUT2D eigenvalue weighted by molar-refractivity contribution is -0.119. The standard InChI is InChI=1S/C17H19BrN2O3/c1-22-15-8-7-12(9-16(15)23-2)10-20-17(21)11-19-14-6-4-3-5-13(14)18/h3-9,19H,10-11H2,1-2H3,(H,20,21). The maximum Gasteiger partial charge on any atom is 0.239 e. The molecule has 0 aromatic heterocycles. The Morgan fingerprint density at radius 2 is 1.83 bits per heavy atom. The predicted octanol–water partition coefficient (Wildman–Crippen LogP) is 3.19. The second-order valence-corrected chi connectivity index (χ2v) is 5.65. The van der Waals surface area contributed by atoms with Crippen LogP contribution in [0.15, 0.2) is 46.9 Å². The van der Waals surface area contributed by atoms with E-state index in [1.165, 1.54) is 0 Å². The number of nitrogens with one attached hydrogen (secondary N) is 2. The Bertz CT molecular complexity index is 677. The highest BCUT2D eigenvalue weighted by atomic mass is 79.9. The Hall–Kier alpha value is -2.21. The largest absolute Gasteiger partial charge is 0.493 e. The Morgan fingerprint density at radius 3 is 2.52 bits per heavy atom. The summed E-state index contributed by atoms with van der Waals surface area (Å²) in [4.78, 5) is 11.9. The lowest BCUT2D eigenvalue weighted by Gasteiger charge is -2.11. The van der Waals surface area contributed by atoms with E-state index in [4.69, 9.17) is 9.47 Å². The van der Waals surface area contributed by atoms with E-state index >= 15 is 0 Å². The van der Waals surface area contributed by atoms with E-state index in [-0.39, 0.29) is 12.5 Å². The topological polar surface area (TPSA) is 59.6 Å². The summed E-state index contributed by atoms with van der Waals surface area (Å²) in [5, 5.41) is 5.95. The highest BCUT2D eigenvalue weighted by molar-refractivity contribution is 9.10. The van der Waals surface area contributed by atoms with Crippen molar-refractivity contribution in [2.24, 2.45) is 0 Å². The van der Waals surface area contributed by atoms with E-state index in [1.54, 1.807) is 14.2 Å². The normalized spacial score (nSPS) is 10.0. The molecule has 6 heteroatoms. The number of hydrogen-bond donors (Lipinski definition) is 2. The van der Waals surface area contributed by atoms with E-state index in [0.717, 1.165) is 15.7 Å². The molecule has 0 fully saturated rings. The second-order valence-electron chi connectivity index (χ2n) is 4.80. The summed E-state index contributed by atoms with van der Waals surface area (Å²) in [6.07, 6.45) is 0. The van der Waals surface area contributed by atoms with Crippen molar-refractivity contribution in [3.05, 3.63) is 52.5 Å². The minimum atomic E-state index is -0.0875. The van der Waals surface area contributed by atoms with Gasteiger partial charge >= 0.3 is 0 Å². The third kappa shape index (κ3) is 4.89. The summed E-state index contributed by atoms with van der Waals surface area (Å²) < 4.78 is 11.4. The van der Waals surface area contributed by atoms with Gasteiger partial charge < -0.3 is 20.1 Å². The average Bonchev–Trinajstić information content (AvgIpc) is 2.58. The number of benzene rings is 2. The molecule has 0 spiro atoms. The summed E-state index contributed by atoms with van der Waals surface area (Å²) in [5.74, 6) is 1.22. The first-order valence-corrected chi connectivity index (χ1v) is 7.89. The van der Waals surface area contributed by atoms with Crippen LogP contribution in [0.25, 0.3) is 0 Å². The Kier molecular flexibility index (Phi) is 6.29. The number of rotatable bonds is 7. The number of anilines is 1. The van der Waals surface area contributed by atoms with Crippen molar-refractivity contribution in [1.82, 2.24) is 5.32 Å². The van der Waals surface area contributed by atoms with Crippen molar-refractivity contribution in [1.29, 1.82) is 0 Å². The van der Waals surface area contributed by atoms with Gasteiger partial charge in [-0.1, -0.05) is 18.2 Å². The van der Waals surface area contributed by atoms with Crippen LogP contribution >= 0.6 is 15.9 Å². The third-order valence-corrected chi connectivity index (χ3v) is 3.94. The van der Waals surface area contributed by atoms with Gasteiger partial charge in [0.25, 0.3) is 0 Å². The smallest absolute Gasteiger partial charge is 0.239 e. The minimum absolute atomic E-state index is 0.0875. The molecule has 0 atom stereocenters. The Morgan fingerprint density at radius 1 is 1.09 bits per heavy atom. The van der Waals surface area contributed by atoms with Crippen LogP contribution in [0.5, 0.6) is 11.5 Å². The average molecular weight is 379 g/mol. The van der Waals surface area contributed by atoms with Gasteiger partial charge in [0, 0.05) is 16.7 Å². The first-order chi connectivity index (χ1) is 11.1. The molecule has 122 valence electrons. The van der Waals surface area contributed by atoms with Crippen LogP contribution in [0, 0.1) is 0 Å². The number of ether oxygens (including phenoxy) is 2. The summed E-state index contributed by atoms with van der Waals surface area (Å²) >= 11 is 3.43. The van der Waals surface area contributed by atoms with E-state index < -0.39 is 0 Å². The van der Waals surface area contributed by atoms with Gasteiger partial charge in [0.15, 0.2) is 11.5 Å². The number of carbonyl (C=O) groups is 1. The number of amides is 1. The summed E-state index contributed by atoms with van der Waals surface area (Å²) in [6, 6.07) is 13.2. The zero-order valence-corrected chi connectivity index (χ0v) is 14.6. The fourth-order valence-corrected chi connectivity index (χ4v) is 2.46. The monoisotopic (exact) mass is 378 g/mol. The Labute approximate surface area is 144 Å². The zero-order chi connectivity index (χ0) is 16.7. The number of methoxy groups -OCH3 is 2. The van der Waals surface area contributed by atoms with E-state index in [2.05, 4.69) is 26.6 Å². The van der Waals surface area contributed by atoms with Crippen molar-refractivity contribution in [3.63, 3.8) is 0 Å². The van der Waals surface area contributed by atoms with Crippen LogP contribution in [0.2, 0.25) is 0 Å². The van der Waals surface area contributed by atoms with Crippen molar-refractivity contribution < 1.29 is 14.3 Å². The molecule has 0 heterocycles. The maximum atomic E-state index is 11.9. The first kappa shape index (κ1) is 17.1. The predicted molar refractivity (Wildman–Crippen MR) is 94.0 cm³/mol.